The standard InChI is InChI=1S/C23H24FN7O3S/c1-12-19-20(31-11-14(9-17(25)32)10-18(31)33)27-21(22-26-13(2)28-35-22)30(19)8-7-29(12)23(34)15-3-5-16(24)6-4-15/h3-6,12,14H,7-11H2,1-2H3,(H2,25,32)/t12-,14-/m1/s1. The first-order valence-electron chi connectivity index (χ1n) is 11.3. The third-order valence-corrected chi connectivity index (χ3v) is 7.24. The lowest BCUT2D eigenvalue weighted by Crippen LogP contribution is -2.42. The topological polar surface area (TPSA) is 127 Å². The lowest BCUT2D eigenvalue weighted by molar-refractivity contribution is -0.119. The van der Waals surface area contributed by atoms with Gasteiger partial charge in [-0.1, -0.05) is 0 Å². The van der Waals surface area contributed by atoms with Crippen LogP contribution in [-0.4, -0.2) is 54.6 Å². The van der Waals surface area contributed by atoms with Crippen LogP contribution in [-0.2, 0) is 16.1 Å². The van der Waals surface area contributed by atoms with Gasteiger partial charge in [0, 0.05) is 38.0 Å². The number of aryl methyl sites for hydroxylation is 1. The number of imidazole rings is 1. The quantitative estimate of drug-likeness (QED) is 0.576. The molecule has 1 fully saturated rings. The van der Waals surface area contributed by atoms with Crippen molar-refractivity contribution < 1.29 is 18.8 Å². The van der Waals surface area contributed by atoms with Gasteiger partial charge < -0.3 is 15.2 Å². The summed E-state index contributed by atoms with van der Waals surface area (Å²) in [5.41, 5.74) is 6.46. The maximum atomic E-state index is 13.4. The Morgan fingerprint density at radius 1 is 1.20 bits per heavy atom. The van der Waals surface area contributed by atoms with Crippen molar-refractivity contribution in [2.45, 2.75) is 39.3 Å². The predicted molar refractivity (Wildman–Crippen MR) is 126 cm³/mol. The fourth-order valence-corrected chi connectivity index (χ4v) is 5.50. The summed E-state index contributed by atoms with van der Waals surface area (Å²) in [6.07, 6.45) is 0.320. The number of carbonyl (C=O) groups excluding carboxylic acids is 3. The molecule has 0 radical (unpaired) electrons. The van der Waals surface area contributed by atoms with Crippen LogP contribution in [0.5, 0.6) is 0 Å². The van der Waals surface area contributed by atoms with Crippen LogP contribution in [0.2, 0.25) is 0 Å². The summed E-state index contributed by atoms with van der Waals surface area (Å²) in [7, 11) is 0. The Kier molecular flexibility index (Phi) is 5.83. The third kappa shape index (κ3) is 4.18. The first-order chi connectivity index (χ1) is 16.7. The van der Waals surface area contributed by atoms with E-state index in [0.717, 1.165) is 0 Å². The number of nitrogens with zero attached hydrogens (tertiary/aromatic N) is 6. The number of primary amides is 1. The van der Waals surface area contributed by atoms with Gasteiger partial charge in [0.05, 0.1) is 11.7 Å². The molecule has 2 atom stereocenters. The Morgan fingerprint density at radius 2 is 1.94 bits per heavy atom. The number of carbonyl (C=O) groups is 3. The smallest absolute Gasteiger partial charge is 0.254 e. The highest BCUT2D eigenvalue weighted by Crippen LogP contribution is 2.40. The summed E-state index contributed by atoms with van der Waals surface area (Å²) in [6.45, 7) is 4.85. The summed E-state index contributed by atoms with van der Waals surface area (Å²) in [4.78, 5) is 50.3. The molecule has 10 nitrogen and oxygen atoms in total. The fraction of sp³-hybridized carbons (Fsp3) is 0.391. The molecule has 2 N–H and O–H groups in total. The highest BCUT2D eigenvalue weighted by molar-refractivity contribution is 7.09. The number of benzene rings is 1. The Morgan fingerprint density at radius 3 is 2.60 bits per heavy atom. The van der Waals surface area contributed by atoms with E-state index in [4.69, 9.17) is 10.7 Å². The van der Waals surface area contributed by atoms with Gasteiger partial charge in [-0.2, -0.15) is 4.37 Å². The first-order valence-corrected chi connectivity index (χ1v) is 12.1. The zero-order valence-electron chi connectivity index (χ0n) is 19.3. The van der Waals surface area contributed by atoms with E-state index in [9.17, 15) is 18.8 Å². The van der Waals surface area contributed by atoms with E-state index >= 15 is 0 Å². The van der Waals surface area contributed by atoms with Gasteiger partial charge in [-0.3, -0.25) is 19.3 Å². The van der Waals surface area contributed by atoms with Crippen LogP contribution in [0.15, 0.2) is 24.3 Å². The highest BCUT2D eigenvalue weighted by atomic mass is 32.1. The maximum Gasteiger partial charge on any atom is 0.254 e. The number of hydrogen-bond acceptors (Lipinski definition) is 7. The molecule has 0 saturated carbocycles. The Hall–Kier alpha value is -3.67. The van der Waals surface area contributed by atoms with Gasteiger partial charge in [0.15, 0.2) is 16.6 Å². The Labute approximate surface area is 204 Å². The van der Waals surface area contributed by atoms with E-state index in [1.807, 2.05) is 11.5 Å². The van der Waals surface area contributed by atoms with E-state index in [2.05, 4.69) is 9.36 Å². The van der Waals surface area contributed by atoms with Crippen molar-refractivity contribution in [1.29, 1.82) is 0 Å². The molecule has 5 rings (SSSR count). The Bertz CT molecular complexity index is 1320. The van der Waals surface area contributed by atoms with Gasteiger partial charge in [0.2, 0.25) is 11.8 Å². The molecule has 0 spiro atoms. The molecule has 12 heteroatoms. The zero-order chi connectivity index (χ0) is 24.9. The van der Waals surface area contributed by atoms with Crippen molar-refractivity contribution in [3.8, 4) is 10.8 Å². The van der Waals surface area contributed by atoms with Crippen LogP contribution in [0.25, 0.3) is 10.8 Å². The molecule has 182 valence electrons. The van der Waals surface area contributed by atoms with Crippen LogP contribution in [0.3, 0.4) is 0 Å². The SMILES string of the molecule is Cc1nsc(-c2nc(N3C[C@H](CC(N)=O)CC3=O)c3n2CCN(C(=O)c2ccc(F)cc2)[C@@H]3C)n1. The van der Waals surface area contributed by atoms with Crippen LogP contribution >= 0.6 is 11.5 Å². The fourth-order valence-electron chi connectivity index (χ4n) is 4.83. The lowest BCUT2D eigenvalue weighted by atomic mass is 10.0. The number of hydrogen-bond donors (Lipinski definition) is 1. The number of anilines is 1. The minimum absolute atomic E-state index is 0.117. The second-order valence-electron chi connectivity index (χ2n) is 8.87. The van der Waals surface area contributed by atoms with Gasteiger partial charge in [0.25, 0.3) is 5.91 Å². The first kappa shape index (κ1) is 23.1. The number of halogens is 1. The van der Waals surface area contributed by atoms with Crippen LogP contribution in [0.1, 0.15) is 47.7 Å². The number of nitrogens with two attached hydrogens (primary N) is 1. The molecule has 1 aromatic carbocycles. The van der Waals surface area contributed by atoms with E-state index in [1.165, 1.54) is 35.8 Å². The molecule has 0 bridgehead atoms. The van der Waals surface area contributed by atoms with Crippen molar-refractivity contribution >= 4 is 35.1 Å². The molecule has 2 aliphatic heterocycles. The second-order valence-corrected chi connectivity index (χ2v) is 9.62. The highest BCUT2D eigenvalue weighted by Gasteiger charge is 2.40. The molecule has 3 aromatic rings. The van der Waals surface area contributed by atoms with Crippen LogP contribution in [0.4, 0.5) is 10.2 Å². The molecule has 0 aliphatic carbocycles. The third-order valence-electron chi connectivity index (χ3n) is 6.44. The minimum atomic E-state index is -0.453. The average molecular weight is 498 g/mol. The van der Waals surface area contributed by atoms with Gasteiger partial charge >= 0.3 is 0 Å². The van der Waals surface area contributed by atoms with E-state index in [-0.39, 0.29) is 30.6 Å². The molecule has 4 heterocycles. The second kappa shape index (κ2) is 8.84. The Balaban J connectivity index is 1.55. The summed E-state index contributed by atoms with van der Waals surface area (Å²) in [5.74, 6) is 0.228. The van der Waals surface area contributed by atoms with Crippen molar-refractivity contribution in [3.05, 3.63) is 47.2 Å². The monoisotopic (exact) mass is 497 g/mol. The van der Waals surface area contributed by atoms with Crippen molar-refractivity contribution in [2.24, 2.45) is 11.7 Å². The van der Waals surface area contributed by atoms with Crippen molar-refractivity contribution in [3.63, 3.8) is 0 Å². The largest absolute Gasteiger partial charge is 0.370 e. The van der Waals surface area contributed by atoms with Gasteiger partial charge in [-0.25, -0.2) is 14.4 Å². The van der Waals surface area contributed by atoms with E-state index in [1.54, 1.807) is 16.7 Å². The number of amides is 3. The normalized spacial score (nSPS) is 19.8. The minimum Gasteiger partial charge on any atom is -0.370 e. The summed E-state index contributed by atoms with van der Waals surface area (Å²) in [6, 6.07) is 5.02. The summed E-state index contributed by atoms with van der Waals surface area (Å²) >= 11 is 1.22. The maximum absolute atomic E-state index is 13.4. The van der Waals surface area contributed by atoms with E-state index in [0.29, 0.717) is 53.4 Å². The predicted octanol–water partition coefficient (Wildman–Crippen LogP) is 2.29. The molecular formula is C23H24FN7O3S. The molecule has 1 saturated heterocycles. The molecule has 0 unspecified atom stereocenters. The number of rotatable bonds is 5. The number of fused-ring (bicyclic) bond motifs is 1. The molecule has 3 amide bonds. The average Bonchev–Trinajstić information content (AvgIpc) is 3.50. The molecule has 35 heavy (non-hydrogen) atoms. The van der Waals surface area contributed by atoms with Gasteiger partial charge in [0.1, 0.15) is 11.6 Å². The van der Waals surface area contributed by atoms with Gasteiger partial charge in [-0.15, -0.1) is 0 Å². The van der Waals surface area contributed by atoms with Crippen LogP contribution in [0, 0.1) is 18.7 Å². The van der Waals surface area contributed by atoms with E-state index < -0.39 is 17.8 Å². The van der Waals surface area contributed by atoms with Crippen molar-refractivity contribution in [2.75, 3.05) is 18.0 Å². The van der Waals surface area contributed by atoms with Crippen molar-refractivity contribution in [1.82, 2.24) is 23.8 Å². The lowest BCUT2D eigenvalue weighted by Gasteiger charge is -2.36. The zero-order valence-corrected chi connectivity index (χ0v) is 20.1. The number of aromatic nitrogens is 4. The van der Waals surface area contributed by atoms with Gasteiger partial charge in [-0.05, 0) is 55.6 Å². The summed E-state index contributed by atoms with van der Waals surface area (Å²) < 4.78 is 19.6. The van der Waals surface area contributed by atoms with Crippen LogP contribution < -0.4 is 10.6 Å². The molecule has 2 aromatic heterocycles. The summed E-state index contributed by atoms with van der Waals surface area (Å²) in [5, 5.41) is 0.626. The molecule has 2 aliphatic rings. The molecular weight excluding hydrogens is 473 g/mol.